The van der Waals surface area contributed by atoms with E-state index in [1.807, 2.05) is 30.3 Å². The maximum Gasteiger partial charge on any atom is 0.404 e. The standard InChI is InChI=1S/C18H24F3N3O.ClH/c19-18(20,21)17(16(25)23-15-6-9-22-10-7-15)8-11-24(13-17)12-14-4-2-1-3-5-14;/h1-5,15,22H,6-13H2,(H,23,25);1H. The number of nitrogens with zero attached hydrogens (tertiary/aromatic N) is 1. The lowest BCUT2D eigenvalue weighted by Gasteiger charge is -2.33. The van der Waals surface area contributed by atoms with E-state index in [1.54, 1.807) is 4.90 Å². The third-order valence-electron chi connectivity index (χ3n) is 5.25. The van der Waals surface area contributed by atoms with E-state index in [-0.39, 0.29) is 38.0 Å². The molecular formula is C18H25ClF3N3O. The molecule has 1 aromatic carbocycles. The lowest BCUT2D eigenvalue weighted by Crippen LogP contribution is -2.55. The fourth-order valence-corrected chi connectivity index (χ4v) is 3.70. The van der Waals surface area contributed by atoms with Crippen molar-refractivity contribution in [3.05, 3.63) is 35.9 Å². The molecular weight excluding hydrogens is 367 g/mol. The number of alkyl halides is 3. The van der Waals surface area contributed by atoms with Gasteiger partial charge in [-0.25, -0.2) is 0 Å². The Kier molecular flexibility index (Phi) is 6.93. The van der Waals surface area contributed by atoms with Crippen molar-refractivity contribution in [1.29, 1.82) is 0 Å². The lowest BCUT2D eigenvalue weighted by atomic mass is 9.84. The van der Waals surface area contributed by atoms with E-state index in [4.69, 9.17) is 0 Å². The summed E-state index contributed by atoms with van der Waals surface area (Å²) in [5, 5.41) is 5.82. The lowest BCUT2D eigenvalue weighted by molar-refractivity contribution is -0.218. The predicted octanol–water partition coefficient (Wildman–Crippen LogP) is 2.73. The van der Waals surface area contributed by atoms with E-state index in [0.29, 0.717) is 19.4 Å². The minimum Gasteiger partial charge on any atom is -0.352 e. The number of carbonyl (C=O) groups excluding carboxylic acids is 1. The van der Waals surface area contributed by atoms with E-state index in [1.165, 1.54) is 0 Å². The number of likely N-dealkylation sites (tertiary alicyclic amines) is 1. The number of piperidine rings is 1. The van der Waals surface area contributed by atoms with Crippen LogP contribution < -0.4 is 10.6 Å². The van der Waals surface area contributed by atoms with Gasteiger partial charge in [-0.05, 0) is 44.5 Å². The normalized spacial score (nSPS) is 24.9. The molecule has 2 aliphatic heterocycles. The van der Waals surface area contributed by atoms with Crippen LogP contribution in [-0.2, 0) is 11.3 Å². The van der Waals surface area contributed by atoms with E-state index in [2.05, 4.69) is 10.6 Å². The molecule has 2 fully saturated rings. The first kappa shape index (κ1) is 21.0. The maximum atomic E-state index is 13.8. The van der Waals surface area contributed by atoms with Crippen LogP contribution in [0.1, 0.15) is 24.8 Å². The van der Waals surface area contributed by atoms with Gasteiger partial charge < -0.3 is 10.6 Å². The quantitative estimate of drug-likeness (QED) is 0.829. The van der Waals surface area contributed by atoms with Crippen molar-refractivity contribution in [2.75, 3.05) is 26.2 Å². The van der Waals surface area contributed by atoms with Crippen LogP contribution in [0.2, 0.25) is 0 Å². The van der Waals surface area contributed by atoms with Gasteiger partial charge in [0.15, 0.2) is 5.41 Å². The number of benzene rings is 1. The van der Waals surface area contributed by atoms with Gasteiger partial charge in [0.05, 0.1) is 0 Å². The highest BCUT2D eigenvalue weighted by Crippen LogP contribution is 2.46. The summed E-state index contributed by atoms with van der Waals surface area (Å²) >= 11 is 0. The van der Waals surface area contributed by atoms with Gasteiger partial charge in [0.1, 0.15) is 0 Å². The van der Waals surface area contributed by atoms with Crippen molar-refractivity contribution in [2.24, 2.45) is 5.41 Å². The van der Waals surface area contributed by atoms with Gasteiger partial charge in [-0.2, -0.15) is 13.2 Å². The molecule has 1 unspecified atom stereocenters. The smallest absolute Gasteiger partial charge is 0.352 e. The zero-order valence-electron chi connectivity index (χ0n) is 14.5. The SMILES string of the molecule is Cl.O=C(NC1CCNCC1)C1(C(F)(F)F)CCN(Cc2ccccc2)C1. The molecule has 4 nitrogen and oxygen atoms in total. The van der Waals surface area contributed by atoms with Gasteiger partial charge in [-0.3, -0.25) is 9.69 Å². The summed E-state index contributed by atoms with van der Waals surface area (Å²) in [4.78, 5) is 14.3. The molecule has 2 heterocycles. The van der Waals surface area contributed by atoms with Crippen molar-refractivity contribution < 1.29 is 18.0 Å². The fourth-order valence-electron chi connectivity index (χ4n) is 3.70. The van der Waals surface area contributed by atoms with E-state index >= 15 is 0 Å². The minimum absolute atomic E-state index is 0. The Morgan fingerprint density at radius 2 is 1.88 bits per heavy atom. The highest BCUT2D eigenvalue weighted by molar-refractivity contribution is 5.85. The molecule has 0 aromatic heterocycles. The number of halogens is 4. The largest absolute Gasteiger partial charge is 0.404 e. The van der Waals surface area contributed by atoms with Crippen LogP contribution >= 0.6 is 12.4 Å². The highest BCUT2D eigenvalue weighted by atomic mass is 35.5. The first-order valence-electron chi connectivity index (χ1n) is 8.75. The molecule has 146 valence electrons. The third kappa shape index (κ3) is 4.50. The van der Waals surface area contributed by atoms with Crippen molar-refractivity contribution in [1.82, 2.24) is 15.5 Å². The van der Waals surface area contributed by atoms with E-state index in [0.717, 1.165) is 18.7 Å². The van der Waals surface area contributed by atoms with Gasteiger partial charge in [0.2, 0.25) is 5.91 Å². The van der Waals surface area contributed by atoms with Gasteiger partial charge in [-0.1, -0.05) is 30.3 Å². The Bertz CT molecular complexity index is 593. The van der Waals surface area contributed by atoms with Gasteiger partial charge in [0.25, 0.3) is 0 Å². The molecule has 0 aliphatic carbocycles. The molecule has 0 saturated carbocycles. The van der Waals surface area contributed by atoms with Gasteiger partial charge in [0, 0.05) is 19.1 Å². The fraction of sp³-hybridized carbons (Fsp3) is 0.611. The molecule has 1 aromatic rings. The number of rotatable bonds is 4. The summed E-state index contributed by atoms with van der Waals surface area (Å²) in [6, 6.07) is 9.22. The van der Waals surface area contributed by atoms with Crippen LogP contribution in [0.15, 0.2) is 30.3 Å². The first-order valence-corrected chi connectivity index (χ1v) is 8.75. The van der Waals surface area contributed by atoms with Crippen molar-refractivity contribution >= 4 is 18.3 Å². The topological polar surface area (TPSA) is 44.4 Å². The van der Waals surface area contributed by atoms with Crippen LogP contribution in [0.5, 0.6) is 0 Å². The second-order valence-electron chi connectivity index (χ2n) is 7.02. The summed E-state index contributed by atoms with van der Waals surface area (Å²) < 4.78 is 41.5. The number of nitrogens with one attached hydrogen (secondary N) is 2. The Morgan fingerprint density at radius 1 is 1.23 bits per heavy atom. The first-order chi connectivity index (χ1) is 11.9. The van der Waals surface area contributed by atoms with E-state index < -0.39 is 17.5 Å². The zero-order valence-corrected chi connectivity index (χ0v) is 15.3. The number of hydrogen-bond donors (Lipinski definition) is 2. The Morgan fingerprint density at radius 3 is 2.50 bits per heavy atom. The van der Waals surface area contributed by atoms with E-state index in [9.17, 15) is 18.0 Å². The van der Waals surface area contributed by atoms with Crippen molar-refractivity contribution in [3.8, 4) is 0 Å². The minimum atomic E-state index is -4.55. The highest BCUT2D eigenvalue weighted by Gasteiger charge is 2.63. The second-order valence-corrected chi connectivity index (χ2v) is 7.02. The van der Waals surface area contributed by atoms with Crippen LogP contribution in [0.4, 0.5) is 13.2 Å². The number of amides is 1. The van der Waals surface area contributed by atoms with Crippen LogP contribution in [-0.4, -0.2) is 49.2 Å². The molecule has 1 amide bonds. The molecule has 0 radical (unpaired) electrons. The Hall–Kier alpha value is -1.31. The Labute approximate surface area is 157 Å². The molecule has 0 spiro atoms. The summed E-state index contributed by atoms with van der Waals surface area (Å²) in [5.74, 6) is -0.859. The van der Waals surface area contributed by atoms with Crippen molar-refractivity contribution in [3.63, 3.8) is 0 Å². The summed E-state index contributed by atoms with van der Waals surface area (Å²) in [7, 11) is 0. The molecule has 26 heavy (non-hydrogen) atoms. The molecule has 2 N–H and O–H groups in total. The average molecular weight is 392 g/mol. The molecule has 0 bridgehead atoms. The summed E-state index contributed by atoms with van der Waals surface area (Å²) in [6.07, 6.45) is -3.38. The molecule has 2 aliphatic rings. The van der Waals surface area contributed by atoms with Crippen LogP contribution in [0, 0.1) is 5.41 Å². The summed E-state index contributed by atoms with van der Waals surface area (Å²) in [6.45, 7) is 1.88. The van der Waals surface area contributed by atoms with Crippen molar-refractivity contribution in [2.45, 2.75) is 38.0 Å². The molecule has 1 atom stereocenters. The zero-order chi connectivity index (χ0) is 17.9. The average Bonchev–Trinajstić information content (AvgIpc) is 3.02. The monoisotopic (exact) mass is 391 g/mol. The number of hydrogen-bond acceptors (Lipinski definition) is 3. The van der Waals surface area contributed by atoms with Crippen LogP contribution in [0.25, 0.3) is 0 Å². The molecule has 3 rings (SSSR count). The van der Waals surface area contributed by atoms with Crippen LogP contribution in [0.3, 0.4) is 0 Å². The molecule has 8 heteroatoms. The molecule has 2 saturated heterocycles. The summed E-state index contributed by atoms with van der Waals surface area (Å²) in [5.41, 5.74) is -1.34. The Balaban J connectivity index is 0.00000243. The third-order valence-corrected chi connectivity index (χ3v) is 5.25. The predicted molar refractivity (Wildman–Crippen MR) is 96.1 cm³/mol. The van der Waals surface area contributed by atoms with Gasteiger partial charge >= 0.3 is 6.18 Å². The maximum absolute atomic E-state index is 13.8. The second kappa shape index (κ2) is 8.59. The number of carbonyl (C=O) groups is 1. The van der Waals surface area contributed by atoms with Gasteiger partial charge in [-0.15, -0.1) is 12.4 Å².